The number of nitrogens with zero attached hydrogens (tertiary/aromatic N) is 3. The summed E-state index contributed by atoms with van der Waals surface area (Å²) in [6.07, 6.45) is 0. The normalized spacial score (nSPS) is 10.2. The van der Waals surface area contributed by atoms with Gasteiger partial charge in [-0.1, -0.05) is 23.4 Å². The maximum atomic E-state index is 8.78. The smallest absolute Gasteiger partial charge is 0.257 e. The molecule has 0 aliphatic rings. The van der Waals surface area contributed by atoms with E-state index in [0.717, 1.165) is 5.56 Å². The Bertz CT molecular complexity index is 760. The van der Waals surface area contributed by atoms with E-state index in [2.05, 4.69) is 16.2 Å². The van der Waals surface area contributed by atoms with Gasteiger partial charge in [0.15, 0.2) is 5.82 Å². The van der Waals surface area contributed by atoms with E-state index < -0.39 is 0 Å². The topological polar surface area (TPSA) is 62.7 Å². The van der Waals surface area contributed by atoms with Crippen LogP contribution in [-0.2, 0) is 5.75 Å². The Morgan fingerprint density at radius 3 is 2.52 bits per heavy atom. The summed E-state index contributed by atoms with van der Waals surface area (Å²) in [6.45, 7) is 0. The average Bonchev–Trinajstić information content (AvgIpc) is 3.03. The maximum absolute atomic E-state index is 8.78. The van der Waals surface area contributed by atoms with Crippen LogP contribution in [0.1, 0.15) is 11.4 Å². The molecule has 0 saturated heterocycles. The van der Waals surface area contributed by atoms with E-state index in [0.29, 0.717) is 23.0 Å². The van der Waals surface area contributed by atoms with Gasteiger partial charge in [-0.25, -0.2) is 0 Å². The Balaban J connectivity index is 1.69. The van der Waals surface area contributed by atoms with Crippen LogP contribution in [0.4, 0.5) is 0 Å². The minimum Gasteiger partial charge on any atom is -0.334 e. The van der Waals surface area contributed by atoms with Crippen LogP contribution in [0.25, 0.3) is 11.5 Å². The number of nitriles is 1. The molecule has 0 unspecified atom stereocenters. The van der Waals surface area contributed by atoms with Gasteiger partial charge in [0.25, 0.3) is 5.89 Å². The summed E-state index contributed by atoms with van der Waals surface area (Å²) in [7, 11) is 0. The van der Waals surface area contributed by atoms with Crippen molar-refractivity contribution in [3.63, 3.8) is 0 Å². The summed E-state index contributed by atoms with van der Waals surface area (Å²) in [6, 6.07) is 19.2. The van der Waals surface area contributed by atoms with Crippen molar-refractivity contribution in [1.82, 2.24) is 10.1 Å². The molecule has 0 atom stereocenters. The molecule has 4 nitrogen and oxygen atoms in total. The first-order valence-electron chi connectivity index (χ1n) is 6.36. The number of benzene rings is 2. The molecule has 0 bridgehead atoms. The summed E-state index contributed by atoms with van der Waals surface area (Å²) in [5.41, 5.74) is 1.43. The van der Waals surface area contributed by atoms with Crippen molar-refractivity contribution in [3.8, 4) is 17.5 Å². The second-order valence-electron chi connectivity index (χ2n) is 4.31. The lowest BCUT2D eigenvalue weighted by Crippen LogP contribution is -1.84. The third-order valence-electron chi connectivity index (χ3n) is 2.84. The van der Waals surface area contributed by atoms with Gasteiger partial charge in [-0.05, 0) is 36.4 Å². The molecule has 0 spiro atoms. The van der Waals surface area contributed by atoms with Gasteiger partial charge in [0.05, 0.1) is 17.4 Å². The van der Waals surface area contributed by atoms with Crippen LogP contribution in [0, 0.1) is 11.3 Å². The Morgan fingerprint density at radius 2 is 1.81 bits per heavy atom. The molecule has 2 aromatic carbocycles. The molecule has 0 aliphatic carbocycles. The molecule has 0 radical (unpaired) electrons. The molecule has 102 valence electrons. The fraction of sp³-hybridized carbons (Fsp3) is 0.0625. The number of hydrogen-bond donors (Lipinski definition) is 0. The Morgan fingerprint density at radius 1 is 1.05 bits per heavy atom. The van der Waals surface area contributed by atoms with Crippen molar-refractivity contribution >= 4 is 11.8 Å². The van der Waals surface area contributed by atoms with Crippen LogP contribution in [0.3, 0.4) is 0 Å². The third-order valence-corrected chi connectivity index (χ3v) is 3.85. The van der Waals surface area contributed by atoms with Crippen LogP contribution < -0.4 is 0 Å². The lowest BCUT2D eigenvalue weighted by Gasteiger charge is -1.96. The zero-order valence-electron chi connectivity index (χ0n) is 11.1. The molecular formula is C16H11N3OS. The number of hydrogen-bond acceptors (Lipinski definition) is 5. The molecule has 0 fully saturated rings. The molecule has 3 aromatic rings. The minimum atomic E-state index is 0.475. The van der Waals surface area contributed by atoms with Crippen molar-refractivity contribution < 1.29 is 4.52 Å². The summed E-state index contributed by atoms with van der Waals surface area (Å²) < 4.78 is 5.26. The van der Waals surface area contributed by atoms with E-state index in [-0.39, 0.29) is 0 Å². The fourth-order valence-electron chi connectivity index (χ4n) is 1.78. The van der Waals surface area contributed by atoms with Crippen molar-refractivity contribution in [3.05, 3.63) is 66.0 Å². The van der Waals surface area contributed by atoms with Gasteiger partial charge >= 0.3 is 0 Å². The molecule has 1 aromatic heterocycles. The van der Waals surface area contributed by atoms with Gasteiger partial charge in [-0.15, -0.1) is 11.8 Å². The van der Waals surface area contributed by atoms with Crippen LogP contribution in [0.2, 0.25) is 0 Å². The maximum Gasteiger partial charge on any atom is 0.257 e. The molecular weight excluding hydrogens is 282 g/mol. The van der Waals surface area contributed by atoms with Gasteiger partial charge in [-0.2, -0.15) is 10.2 Å². The molecule has 0 N–H and O–H groups in total. The fourth-order valence-corrected chi connectivity index (χ4v) is 2.54. The van der Waals surface area contributed by atoms with Crippen LogP contribution in [0.5, 0.6) is 0 Å². The molecule has 3 rings (SSSR count). The predicted octanol–water partition coefficient (Wildman–Crippen LogP) is 3.90. The van der Waals surface area contributed by atoms with Crippen LogP contribution >= 0.6 is 11.8 Å². The number of aromatic nitrogens is 2. The van der Waals surface area contributed by atoms with E-state index in [1.807, 2.05) is 30.3 Å². The lowest BCUT2D eigenvalue weighted by molar-refractivity contribution is 0.425. The largest absolute Gasteiger partial charge is 0.334 e. The van der Waals surface area contributed by atoms with Crippen molar-refractivity contribution in [2.45, 2.75) is 10.6 Å². The summed E-state index contributed by atoms with van der Waals surface area (Å²) >= 11 is 1.66. The summed E-state index contributed by atoms with van der Waals surface area (Å²) in [5.74, 6) is 1.79. The van der Waals surface area contributed by atoms with Gasteiger partial charge in [0.1, 0.15) is 0 Å². The van der Waals surface area contributed by atoms with E-state index in [1.54, 1.807) is 36.0 Å². The second-order valence-corrected chi connectivity index (χ2v) is 5.36. The molecule has 0 saturated carbocycles. The number of rotatable bonds is 4. The van der Waals surface area contributed by atoms with Crippen molar-refractivity contribution in [1.29, 1.82) is 5.26 Å². The van der Waals surface area contributed by atoms with Gasteiger partial charge in [0, 0.05) is 10.5 Å². The molecule has 1 heterocycles. The van der Waals surface area contributed by atoms with Crippen LogP contribution in [-0.4, -0.2) is 10.1 Å². The first-order valence-corrected chi connectivity index (χ1v) is 7.35. The quantitative estimate of drug-likeness (QED) is 0.683. The first-order chi connectivity index (χ1) is 10.3. The summed E-state index contributed by atoms with van der Waals surface area (Å²) in [5, 5.41) is 12.8. The highest BCUT2D eigenvalue weighted by Crippen LogP contribution is 2.23. The molecule has 0 amide bonds. The van der Waals surface area contributed by atoms with Crippen molar-refractivity contribution in [2.24, 2.45) is 0 Å². The Kier molecular flexibility index (Phi) is 3.99. The molecule has 21 heavy (non-hydrogen) atoms. The van der Waals surface area contributed by atoms with Crippen LogP contribution in [0.15, 0.2) is 64.0 Å². The Labute approximate surface area is 126 Å². The van der Waals surface area contributed by atoms with Gasteiger partial charge in [0.2, 0.25) is 0 Å². The van der Waals surface area contributed by atoms with E-state index in [1.165, 1.54) is 4.90 Å². The predicted molar refractivity (Wildman–Crippen MR) is 80.5 cm³/mol. The zero-order chi connectivity index (χ0) is 14.5. The highest BCUT2D eigenvalue weighted by molar-refractivity contribution is 7.98. The van der Waals surface area contributed by atoms with Gasteiger partial charge < -0.3 is 4.52 Å². The molecule has 5 heteroatoms. The van der Waals surface area contributed by atoms with Crippen molar-refractivity contribution in [2.75, 3.05) is 0 Å². The first kappa shape index (κ1) is 13.4. The third kappa shape index (κ3) is 3.30. The average molecular weight is 293 g/mol. The standard InChI is InChI=1S/C16H11N3OS/c17-10-12-6-8-13(9-7-12)16-18-15(19-20-16)11-21-14-4-2-1-3-5-14/h1-9H,11H2. The highest BCUT2D eigenvalue weighted by Gasteiger charge is 2.09. The molecule has 0 aliphatic heterocycles. The number of thioether (sulfide) groups is 1. The second kappa shape index (κ2) is 6.25. The van der Waals surface area contributed by atoms with Gasteiger partial charge in [-0.3, -0.25) is 0 Å². The zero-order valence-corrected chi connectivity index (χ0v) is 11.9. The van der Waals surface area contributed by atoms with E-state index in [4.69, 9.17) is 9.78 Å². The monoisotopic (exact) mass is 293 g/mol. The SMILES string of the molecule is N#Cc1ccc(-c2nc(CSc3ccccc3)no2)cc1. The lowest BCUT2D eigenvalue weighted by atomic mass is 10.1. The summed E-state index contributed by atoms with van der Waals surface area (Å²) in [4.78, 5) is 5.54. The van der Waals surface area contributed by atoms with E-state index in [9.17, 15) is 0 Å². The minimum absolute atomic E-state index is 0.475. The van der Waals surface area contributed by atoms with E-state index >= 15 is 0 Å². The Hall–Kier alpha value is -2.58. The highest BCUT2D eigenvalue weighted by atomic mass is 32.2.